The third kappa shape index (κ3) is 15.1. The summed E-state index contributed by atoms with van der Waals surface area (Å²) in [5.41, 5.74) is 6.28. The Morgan fingerprint density at radius 3 is 0.906 bits per heavy atom. The molecule has 0 nitrogen and oxygen atoms in total. The highest BCUT2D eigenvalue weighted by atomic mass is 14.1. The van der Waals surface area contributed by atoms with E-state index in [1.807, 2.05) is 0 Å². The molecule has 0 saturated heterocycles. The number of hydrogen-bond donors (Lipinski definition) is 0. The normalized spacial score (nSPS) is 11.4. The Morgan fingerprint density at radius 2 is 0.625 bits per heavy atom. The molecular weight excluding hydrogens is 384 g/mol. The molecule has 1 aromatic carbocycles. The van der Waals surface area contributed by atoms with E-state index in [-0.39, 0.29) is 0 Å². The van der Waals surface area contributed by atoms with Crippen molar-refractivity contribution < 1.29 is 0 Å². The first-order valence-electron chi connectivity index (χ1n) is 14.8. The topological polar surface area (TPSA) is 0 Å². The van der Waals surface area contributed by atoms with E-state index in [2.05, 4.69) is 39.8 Å². The van der Waals surface area contributed by atoms with Crippen LogP contribution in [-0.4, -0.2) is 0 Å². The van der Waals surface area contributed by atoms with Crippen molar-refractivity contribution in [3.8, 4) is 0 Å². The number of unbranched alkanes of at least 4 members (excludes halogenated alkanes) is 18. The van der Waals surface area contributed by atoms with Gasteiger partial charge in [-0.2, -0.15) is 0 Å². The average molecular weight is 443 g/mol. The van der Waals surface area contributed by atoms with Gasteiger partial charge in [0.2, 0.25) is 0 Å². The highest BCUT2D eigenvalue weighted by molar-refractivity contribution is 5.37. The van der Waals surface area contributed by atoms with Gasteiger partial charge in [0.05, 0.1) is 0 Å². The first-order chi connectivity index (χ1) is 15.7. The molecule has 0 radical (unpaired) electrons. The molecule has 0 unspecified atom stereocenters. The van der Waals surface area contributed by atoms with Crippen LogP contribution in [0.15, 0.2) is 12.1 Å². The van der Waals surface area contributed by atoms with Gasteiger partial charge in [-0.1, -0.05) is 142 Å². The molecule has 0 N–H and O–H groups in total. The van der Waals surface area contributed by atoms with Crippen molar-refractivity contribution in [2.24, 2.45) is 0 Å². The summed E-state index contributed by atoms with van der Waals surface area (Å²) in [7, 11) is 0. The third-order valence-corrected chi connectivity index (χ3v) is 7.39. The van der Waals surface area contributed by atoms with Crippen LogP contribution in [0, 0.1) is 13.8 Å². The van der Waals surface area contributed by atoms with Crippen LogP contribution in [0.2, 0.25) is 0 Å². The Hall–Kier alpha value is -0.780. The molecule has 1 rings (SSSR count). The molecule has 0 aromatic heterocycles. The quantitative estimate of drug-likeness (QED) is 0.157. The lowest BCUT2D eigenvalue weighted by atomic mass is 9.93. The second-order valence-corrected chi connectivity index (χ2v) is 10.6. The first-order valence-corrected chi connectivity index (χ1v) is 14.8. The zero-order valence-electron chi connectivity index (χ0n) is 22.7. The number of hydrogen-bond acceptors (Lipinski definition) is 0. The number of aryl methyl sites for hydroxylation is 4. The molecular formula is C32H58. The van der Waals surface area contributed by atoms with Crippen LogP contribution in [0.5, 0.6) is 0 Å². The Kier molecular flexibility index (Phi) is 19.0. The molecule has 0 aliphatic heterocycles. The van der Waals surface area contributed by atoms with E-state index in [0.29, 0.717) is 0 Å². The van der Waals surface area contributed by atoms with Gasteiger partial charge < -0.3 is 0 Å². The van der Waals surface area contributed by atoms with Crippen LogP contribution in [0.1, 0.15) is 165 Å². The predicted molar refractivity (Wildman–Crippen MR) is 147 cm³/mol. The lowest BCUT2D eigenvalue weighted by Crippen LogP contribution is -1.97. The monoisotopic (exact) mass is 442 g/mol. The fraction of sp³-hybridized carbons (Fsp3) is 0.812. The van der Waals surface area contributed by atoms with Crippen molar-refractivity contribution in [2.75, 3.05) is 0 Å². The van der Waals surface area contributed by atoms with Gasteiger partial charge in [-0.15, -0.1) is 0 Å². The summed E-state index contributed by atoms with van der Waals surface area (Å²) >= 11 is 0. The molecule has 0 fully saturated rings. The van der Waals surface area contributed by atoms with E-state index in [1.54, 1.807) is 11.1 Å². The summed E-state index contributed by atoms with van der Waals surface area (Å²) in [6.45, 7) is 9.28. The molecule has 0 heterocycles. The summed E-state index contributed by atoms with van der Waals surface area (Å²) in [6.07, 6.45) is 31.1. The third-order valence-electron chi connectivity index (χ3n) is 7.39. The SMILES string of the molecule is CCCCCCCCCCCCc1cc(C)c(CCCCCCCCCCCC)cc1C. The highest BCUT2D eigenvalue weighted by Crippen LogP contribution is 2.21. The van der Waals surface area contributed by atoms with E-state index in [0.717, 1.165) is 0 Å². The largest absolute Gasteiger partial charge is 0.0654 e. The summed E-state index contributed by atoms with van der Waals surface area (Å²) < 4.78 is 0. The Morgan fingerprint density at radius 1 is 0.375 bits per heavy atom. The predicted octanol–water partition coefficient (Wildman–Crippen LogP) is 11.2. The van der Waals surface area contributed by atoms with E-state index in [1.165, 1.54) is 152 Å². The van der Waals surface area contributed by atoms with Crippen LogP contribution in [-0.2, 0) is 12.8 Å². The minimum atomic E-state index is 1.28. The average Bonchev–Trinajstić information content (AvgIpc) is 2.79. The van der Waals surface area contributed by atoms with E-state index in [9.17, 15) is 0 Å². The second-order valence-electron chi connectivity index (χ2n) is 10.6. The molecule has 0 heteroatoms. The Labute approximate surface area is 203 Å². The first kappa shape index (κ1) is 29.3. The summed E-state index contributed by atoms with van der Waals surface area (Å²) in [4.78, 5) is 0. The maximum absolute atomic E-state index is 2.51. The van der Waals surface area contributed by atoms with Gasteiger partial charge in [-0.3, -0.25) is 0 Å². The van der Waals surface area contributed by atoms with Gasteiger partial charge >= 0.3 is 0 Å². The minimum absolute atomic E-state index is 1.28. The van der Waals surface area contributed by atoms with E-state index in [4.69, 9.17) is 0 Å². The van der Waals surface area contributed by atoms with Gasteiger partial charge in [0.1, 0.15) is 0 Å². The smallest absolute Gasteiger partial charge is 0.0276 e. The van der Waals surface area contributed by atoms with Crippen molar-refractivity contribution in [1.82, 2.24) is 0 Å². The fourth-order valence-electron chi connectivity index (χ4n) is 5.08. The van der Waals surface area contributed by atoms with Gasteiger partial charge in [0.15, 0.2) is 0 Å². The second kappa shape index (κ2) is 20.8. The number of benzene rings is 1. The zero-order chi connectivity index (χ0) is 23.3. The van der Waals surface area contributed by atoms with Gasteiger partial charge in [0.25, 0.3) is 0 Å². The lowest BCUT2D eigenvalue weighted by Gasteiger charge is -2.13. The Bertz CT molecular complexity index is 491. The molecule has 1 aromatic rings. The molecule has 0 amide bonds. The standard InChI is InChI=1S/C32H58/c1-5-7-9-11-13-15-17-19-21-23-25-31-27-30(4)32(28-29(31)3)26-24-22-20-18-16-14-12-10-8-6-2/h27-28H,5-26H2,1-4H3. The van der Waals surface area contributed by atoms with Gasteiger partial charge in [-0.25, -0.2) is 0 Å². The van der Waals surface area contributed by atoms with Crippen LogP contribution < -0.4 is 0 Å². The van der Waals surface area contributed by atoms with E-state index < -0.39 is 0 Å². The van der Waals surface area contributed by atoms with Crippen LogP contribution >= 0.6 is 0 Å². The molecule has 186 valence electrons. The lowest BCUT2D eigenvalue weighted by molar-refractivity contribution is 0.555. The molecule has 0 aliphatic carbocycles. The molecule has 0 bridgehead atoms. The highest BCUT2D eigenvalue weighted by Gasteiger charge is 2.05. The van der Waals surface area contributed by atoms with Crippen LogP contribution in [0.3, 0.4) is 0 Å². The molecule has 0 spiro atoms. The van der Waals surface area contributed by atoms with Crippen molar-refractivity contribution in [2.45, 2.75) is 169 Å². The Balaban J connectivity index is 2.11. The van der Waals surface area contributed by atoms with Gasteiger partial charge in [-0.05, 0) is 61.8 Å². The maximum Gasteiger partial charge on any atom is -0.0276 e. The van der Waals surface area contributed by atoms with Crippen LogP contribution in [0.25, 0.3) is 0 Å². The van der Waals surface area contributed by atoms with Crippen molar-refractivity contribution in [1.29, 1.82) is 0 Å². The van der Waals surface area contributed by atoms with Crippen molar-refractivity contribution in [3.05, 3.63) is 34.4 Å². The van der Waals surface area contributed by atoms with Crippen molar-refractivity contribution in [3.63, 3.8) is 0 Å². The van der Waals surface area contributed by atoms with Crippen LogP contribution in [0.4, 0.5) is 0 Å². The van der Waals surface area contributed by atoms with Crippen molar-refractivity contribution >= 4 is 0 Å². The minimum Gasteiger partial charge on any atom is -0.0654 e. The summed E-state index contributed by atoms with van der Waals surface area (Å²) in [6, 6.07) is 5.02. The summed E-state index contributed by atoms with van der Waals surface area (Å²) in [5, 5.41) is 0. The number of rotatable bonds is 22. The van der Waals surface area contributed by atoms with Gasteiger partial charge in [0, 0.05) is 0 Å². The zero-order valence-corrected chi connectivity index (χ0v) is 22.7. The molecule has 0 atom stereocenters. The molecule has 0 aliphatic rings. The summed E-state index contributed by atoms with van der Waals surface area (Å²) in [5.74, 6) is 0. The van der Waals surface area contributed by atoms with E-state index >= 15 is 0 Å². The maximum atomic E-state index is 2.51. The molecule has 32 heavy (non-hydrogen) atoms. The molecule has 0 saturated carbocycles. The fourth-order valence-corrected chi connectivity index (χ4v) is 5.08.